The van der Waals surface area contributed by atoms with Gasteiger partial charge in [-0.15, -0.1) is 0 Å². The lowest BCUT2D eigenvalue weighted by Gasteiger charge is -2.26. The summed E-state index contributed by atoms with van der Waals surface area (Å²) in [5.74, 6) is -1.58. The fourth-order valence-electron chi connectivity index (χ4n) is 4.58. The molecule has 0 bridgehead atoms. The third-order valence-electron chi connectivity index (χ3n) is 6.23. The van der Waals surface area contributed by atoms with Crippen molar-refractivity contribution in [2.45, 2.75) is 11.8 Å². The predicted molar refractivity (Wildman–Crippen MR) is 149 cm³/mol. The molecule has 39 heavy (non-hydrogen) atoms. The third-order valence-corrected chi connectivity index (χ3v) is 9.68. The monoisotopic (exact) mass is 558 g/mol. The zero-order chi connectivity index (χ0) is 27.9. The number of allylic oxidation sites excluding steroid dienone is 6. The SMILES string of the molecule is C=C/C=C(\C=C/C)S(=O)(=O)N1/C(=C2\C(=O)c3ccccc3N2S(=O)(=O)c2ccccc2)C(=O)c2ccccc21. The molecule has 8 nitrogen and oxygen atoms in total. The van der Waals surface area contributed by atoms with E-state index in [4.69, 9.17) is 0 Å². The Morgan fingerprint density at radius 3 is 1.74 bits per heavy atom. The molecule has 0 saturated carbocycles. The van der Waals surface area contributed by atoms with Crippen molar-refractivity contribution in [1.29, 1.82) is 0 Å². The van der Waals surface area contributed by atoms with Crippen molar-refractivity contribution < 1.29 is 26.4 Å². The van der Waals surface area contributed by atoms with Gasteiger partial charge < -0.3 is 0 Å². The van der Waals surface area contributed by atoms with E-state index in [2.05, 4.69) is 6.58 Å². The number of carbonyl (C=O) groups is 2. The maximum absolute atomic E-state index is 14.1. The highest BCUT2D eigenvalue weighted by atomic mass is 32.2. The van der Waals surface area contributed by atoms with Crippen LogP contribution in [0.1, 0.15) is 27.6 Å². The summed E-state index contributed by atoms with van der Waals surface area (Å²) in [5, 5.41) is 0. The summed E-state index contributed by atoms with van der Waals surface area (Å²) in [6, 6.07) is 19.4. The molecule has 2 aliphatic heterocycles. The standard InChI is InChI=1S/C29H22N2O6S2/c1-3-12-20(13-4-2)38(34,35)30-24-18-10-8-16-22(24)28(32)26(30)27-29(33)23-17-9-11-19-25(23)31(27)39(36,37)21-14-6-5-7-15-21/h3-19H,1H2,2H3/b13-4-,20-12+,27-26+. The van der Waals surface area contributed by atoms with E-state index in [0.717, 1.165) is 8.61 Å². The summed E-state index contributed by atoms with van der Waals surface area (Å²) in [6.45, 7) is 5.21. The number of hydrogen-bond donors (Lipinski definition) is 0. The second kappa shape index (κ2) is 9.64. The number of fused-ring (bicyclic) bond motifs is 2. The normalized spacial score (nSPS) is 17.6. The number of nitrogens with zero attached hydrogens (tertiary/aromatic N) is 2. The Labute approximate surface area is 226 Å². The van der Waals surface area contributed by atoms with Crippen LogP contribution in [0.25, 0.3) is 0 Å². The first-order valence-electron chi connectivity index (χ1n) is 11.8. The molecule has 2 heterocycles. The topological polar surface area (TPSA) is 109 Å². The van der Waals surface area contributed by atoms with Gasteiger partial charge in [-0.1, -0.05) is 61.2 Å². The fraction of sp³-hybridized carbons (Fsp3) is 0.0345. The van der Waals surface area contributed by atoms with Crippen LogP contribution in [0.3, 0.4) is 0 Å². The molecule has 0 spiro atoms. The van der Waals surface area contributed by atoms with E-state index in [9.17, 15) is 26.4 Å². The van der Waals surface area contributed by atoms with Crippen molar-refractivity contribution in [3.8, 4) is 0 Å². The van der Waals surface area contributed by atoms with Gasteiger partial charge in [-0.3, -0.25) is 9.59 Å². The Bertz CT molecular complexity index is 1850. The lowest BCUT2D eigenvalue weighted by atomic mass is 10.1. The number of benzene rings is 3. The molecule has 5 rings (SSSR count). The van der Waals surface area contributed by atoms with Gasteiger partial charge >= 0.3 is 0 Å². The van der Waals surface area contributed by atoms with Crippen LogP contribution in [0.15, 0.2) is 131 Å². The lowest BCUT2D eigenvalue weighted by molar-refractivity contribution is 0.101. The van der Waals surface area contributed by atoms with Gasteiger partial charge in [0.05, 0.1) is 21.2 Å². The highest BCUT2D eigenvalue weighted by Gasteiger charge is 2.50. The van der Waals surface area contributed by atoms with E-state index < -0.39 is 43.0 Å². The Morgan fingerprint density at radius 2 is 1.21 bits per heavy atom. The van der Waals surface area contributed by atoms with Crippen LogP contribution in [-0.4, -0.2) is 28.4 Å². The molecule has 3 aromatic carbocycles. The molecule has 0 N–H and O–H groups in total. The van der Waals surface area contributed by atoms with E-state index >= 15 is 0 Å². The highest BCUT2D eigenvalue weighted by Crippen LogP contribution is 2.46. The average Bonchev–Trinajstić information content (AvgIpc) is 3.40. The first kappa shape index (κ1) is 26.1. The van der Waals surface area contributed by atoms with Crippen LogP contribution >= 0.6 is 0 Å². The van der Waals surface area contributed by atoms with Crippen molar-refractivity contribution in [3.05, 3.63) is 137 Å². The van der Waals surface area contributed by atoms with E-state index in [1.165, 1.54) is 72.8 Å². The quantitative estimate of drug-likeness (QED) is 0.312. The van der Waals surface area contributed by atoms with Gasteiger partial charge in [-0.2, -0.15) is 0 Å². The molecular formula is C29H22N2O6S2. The van der Waals surface area contributed by atoms with E-state index in [-0.39, 0.29) is 32.3 Å². The molecule has 0 saturated heterocycles. The molecule has 0 unspecified atom stereocenters. The van der Waals surface area contributed by atoms with Gasteiger partial charge in [-0.05, 0) is 55.5 Å². The second-order valence-corrected chi connectivity index (χ2v) is 12.1. The Hall–Kier alpha value is -4.54. The number of Topliss-reactive ketones (excluding diaryl/α,β-unsaturated/α-hetero) is 2. The number of ketones is 2. The predicted octanol–water partition coefficient (Wildman–Crippen LogP) is 4.97. The van der Waals surface area contributed by atoms with Crippen LogP contribution in [-0.2, 0) is 20.0 Å². The first-order chi connectivity index (χ1) is 18.7. The third kappa shape index (κ3) is 3.96. The first-order valence-corrected chi connectivity index (χ1v) is 14.7. The zero-order valence-corrected chi connectivity index (χ0v) is 22.3. The van der Waals surface area contributed by atoms with Gasteiger partial charge in [0.1, 0.15) is 11.4 Å². The molecule has 0 aliphatic carbocycles. The minimum Gasteiger partial charge on any atom is -0.287 e. The number of hydrogen-bond acceptors (Lipinski definition) is 6. The van der Waals surface area contributed by atoms with Crippen LogP contribution in [0.5, 0.6) is 0 Å². The minimum absolute atomic E-state index is 0.00489. The molecule has 0 atom stereocenters. The number of para-hydroxylation sites is 2. The fourth-order valence-corrected chi connectivity index (χ4v) is 7.74. The molecule has 2 aliphatic rings. The maximum Gasteiger partial charge on any atom is 0.268 e. The summed E-state index contributed by atoms with van der Waals surface area (Å²) in [4.78, 5) is 27.4. The molecule has 0 fully saturated rings. The molecule has 0 amide bonds. The van der Waals surface area contributed by atoms with E-state index in [0.29, 0.717) is 0 Å². The van der Waals surface area contributed by atoms with E-state index in [1.54, 1.807) is 37.3 Å². The number of rotatable bonds is 6. The van der Waals surface area contributed by atoms with Crippen LogP contribution < -0.4 is 8.61 Å². The second-order valence-electron chi connectivity index (χ2n) is 8.55. The van der Waals surface area contributed by atoms with Gasteiger partial charge in [0.15, 0.2) is 0 Å². The lowest BCUT2D eigenvalue weighted by Crippen LogP contribution is -2.37. The van der Waals surface area contributed by atoms with Crippen molar-refractivity contribution in [3.63, 3.8) is 0 Å². The van der Waals surface area contributed by atoms with Gasteiger partial charge in [0, 0.05) is 11.1 Å². The number of sulfonamides is 2. The molecular weight excluding hydrogens is 536 g/mol. The zero-order valence-electron chi connectivity index (χ0n) is 20.7. The van der Waals surface area contributed by atoms with Crippen molar-refractivity contribution in [2.24, 2.45) is 0 Å². The molecule has 3 aromatic rings. The number of carbonyl (C=O) groups excluding carboxylic acids is 2. The number of anilines is 2. The van der Waals surface area contributed by atoms with E-state index in [1.807, 2.05) is 0 Å². The molecule has 10 heteroatoms. The molecule has 0 radical (unpaired) electrons. The summed E-state index contributed by atoms with van der Waals surface area (Å²) in [7, 11) is -8.97. The Balaban J connectivity index is 1.89. The summed E-state index contributed by atoms with van der Waals surface area (Å²) in [6.07, 6.45) is 5.37. The van der Waals surface area contributed by atoms with Crippen molar-refractivity contribution in [1.82, 2.24) is 0 Å². The highest BCUT2D eigenvalue weighted by molar-refractivity contribution is 7.97. The average molecular weight is 559 g/mol. The van der Waals surface area contributed by atoms with Crippen molar-refractivity contribution >= 4 is 43.0 Å². The Kier molecular flexibility index (Phi) is 6.45. The van der Waals surface area contributed by atoms with Crippen molar-refractivity contribution in [2.75, 3.05) is 8.61 Å². The summed E-state index contributed by atoms with van der Waals surface area (Å²) >= 11 is 0. The summed E-state index contributed by atoms with van der Waals surface area (Å²) in [5.41, 5.74) is -1.08. The van der Waals surface area contributed by atoms with Crippen LogP contribution in [0, 0.1) is 0 Å². The largest absolute Gasteiger partial charge is 0.287 e. The Morgan fingerprint density at radius 1 is 0.718 bits per heavy atom. The van der Waals surface area contributed by atoms with Crippen LogP contribution in [0.2, 0.25) is 0 Å². The van der Waals surface area contributed by atoms with Crippen LogP contribution in [0.4, 0.5) is 11.4 Å². The van der Waals surface area contributed by atoms with Gasteiger partial charge in [0.25, 0.3) is 20.0 Å². The van der Waals surface area contributed by atoms with Gasteiger partial charge in [-0.25, -0.2) is 25.4 Å². The smallest absolute Gasteiger partial charge is 0.268 e. The molecule has 196 valence electrons. The maximum atomic E-state index is 14.1. The minimum atomic E-state index is -4.52. The summed E-state index contributed by atoms with van der Waals surface area (Å²) < 4.78 is 57.7. The molecule has 0 aromatic heterocycles. The van der Waals surface area contributed by atoms with Gasteiger partial charge in [0.2, 0.25) is 11.6 Å².